The second-order valence-corrected chi connectivity index (χ2v) is 6.12. The molecule has 0 radical (unpaired) electrons. The molecule has 0 aliphatic carbocycles. The monoisotopic (exact) mass is 311 g/mol. The average Bonchev–Trinajstić information content (AvgIpc) is 2.90. The lowest BCUT2D eigenvalue weighted by Crippen LogP contribution is -2.33. The van der Waals surface area contributed by atoms with Gasteiger partial charge in [-0.05, 0) is 56.1 Å². The summed E-state index contributed by atoms with van der Waals surface area (Å²) in [7, 11) is 0. The molecular weight excluding hydrogens is 290 g/mol. The van der Waals surface area contributed by atoms with Gasteiger partial charge in [-0.3, -0.25) is 0 Å². The first-order valence-electron chi connectivity index (χ1n) is 7.25. The second kappa shape index (κ2) is 7.73. The topological polar surface area (TPSA) is 67.9 Å². The molecule has 1 aliphatic rings. The van der Waals surface area contributed by atoms with Crippen molar-refractivity contribution in [3.05, 3.63) is 33.7 Å². The molecule has 21 heavy (non-hydrogen) atoms. The van der Waals surface area contributed by atoms with Crippen LogP contribution in [0.25, 0.3) is 0 Å². The lowest BCUT2D eigenvalue weighted by molar-refractivity contribution is 0.233. The van der Waals surface area contributed by atoms with Crippen molar-refractivity contribution in [2.45, 2.75) is 19.4 Å². The molecule has 2 unspecified atom stereocenters. The Hall–Kier alpha value is -1.17. The van der Waals surface area contributed by atoms with Crippen molar-refractivity contribution < 1.29 is 4.74 Å². The first kappa shape index (κ1) is 16.2. The Morgan fingerprint density at radius 1 is 1.52 bits per heavy atom. The lowest BCUT2D eigenvalue weighted by atomic mass is 10.1. The summed E-state index contributed by atoms with van der Waals surface area (Å²) in [5.41, 5.74) is 6.70. The van der Waals surface area contributed by atoms with Gasteiger partial charge in [0.15, 0.2) is 0 Å². The number of nitrogens with two attached hydrogens (primary N) is 1. The molecule has 1 aromatic rings. The molecule has 1 fully saturated rings. The highest BCUT2D eigenvalue weighted by Gasteiger charge is 2.24. The average molecular weight is 312 g/mol. The van der Waals surface area contributed by atoms with Crippen molar-refractivity contribution >= 4 is 11.6 Å². The van der Waals surface area contributed by atoms with Crippen molar-refractivity contribution in [2.24, 2.45) is 16.8 Å². The van der Waals surface area contributed by atoms with E-state index < -0.39 is 0 Å². The zero-order chi connectivity index (χ0) is 15.2. The van der Waals surface area contributed by atoms with Crippen LogP contribution in [-0.4, -0.2) is 43.7 Å². The molecule has 0 bridgehead atoms. The zero-order valence-electron chi connectivity index (χ0n) is 12.3. The second-order valence-electron chi connectivity index (χ2n) is 5.68. The number of rotatable bonds is 7. The van der Waals surface area contributed by atoms with Crippen molar-refractivity contribution in [1.29, 1.82) is 0 Å². The van der Waals surface area contributed by atoms with Gasteiger partial charge in [0, 0.05) is 18.1 Å². The Bertz CT molecular complexity index is 464. The van der Waals surface area contributed by atoms with Crippen molar-refractivity contribution in [3.63, 3.8) is 0 Å². The third kappa shape index (κ3) is 4.95. The normalized spacial score (nSPS) is 20.4. The van der Waals surface area contributed by atoms with Gasteiger partial charge in [-0.25, -0.2) is 0 Å². The van der Waals surface area contributed by atoms with Gasteiger partial charge in [0.1, 0.15) is 18.4 Å². The molecule has 116 valence electrons. The van der Waals surface area contributed by atoms with Gasteiger partial charge >= 0.3 is 0 Å². The fourth-order valence-electron chi connectivity index (χ4n) is 2.66. The van der Waals surface area contributed by atoms with Crippen LogP contribution >= 0.6 is 11.6 Å². The number of benzene rings is 1. The summed E-state index contributed by atoms with van der Waals surface area (Å²) in [5.74, 6) is 1.21. The van der Waals surface area contributed by atoms with Gasteiger partial charge in [-0.2, -0.15) is 4.91 Å². The van der Waals surface area contributed by atoms with E-state index in [-0.39, 0.29) is 12.6 Å². The summed E-state index contributed by atoms with van der Waals surface area (Å²) in [4.78, 5) is 13.2. The number of hydrogen-bond acceptors (Lipinski definition) is 5. The van der Waals surface area contributed by atoms with Crippen LogP contribution in [0.4, 0.5) is 0 Å². The van der Waals surface area contributed by atoms with Crippen molar-refractivity contribution in [1.82, 2.24) is 4.90 Å². The summed E-state index contributed by atoms with van der Waals surface area (Å²) < 4.78 is 5.65. The maximum atomic E-state index is 11.0. The van der Waals surface area contributed by atoms with E-state index in [0.29, 0.717) is 29.8 Å². The molecule has 0 spiro atoms. The molecule has 6 heteroatoms. The highest BCUT2D eigenvalue weighted by atomic mass is 35.5. The third-order valence-electron chi connectivity index (χ3n) is 3.78. The summed E-state index contributed by atoms with van der Waals surface area (Å²) in [5, 5.41) is 3.81. The van der Waals surface area contributed by atoms with Crippen LogP contribution in [-0.2, 0) is 0 Å². The Labute approximate surface area is 130 Å². The minimum Gasteiger partial charge on any atom is -0.491 e. The summed E-state index contributed by atoms with van der Waals surface area (Å²) >= 11 is 5.98. The molecule has 1 saturated heterocycles. The standard InChI is InChI=1S/C15H22ClN3O2/c1-11-4-13(16)6-15(5-11)21-10-14(18-20)9-19-3-2-12(7-17)8-19/h4-6,12,14H,2-3,7-10,17H2,1H3. The van der Waals surface area contributed by atoms with Gasteiger partial charge in [-0.1, -0.05) is 16.8 Å². The van der Waals surface area contributed by atoms with Crippen LogP contribution in [0.2, 0.25) is 5.02 Å². The molecule has 2 N–H and O–H groups in total. The number of halogens is 1. The van der Waals surface area contributed by atoms with Crippen LogP contribution in [0.1, 0.15) is 12.0 Å². The molecule has 1 aromatic carbocycles. The maximum absolute atomic E-state index is 11.0. The number of nitrogens with zero attached hydrogens (tertiary/aromatic N) is 2. The predicted octanol–water partition coefficient (Wildman–Crippen LogP) is 2.44. The number of hydrogen-bond donors (Lipinski definition) is 1. The molecule has 1 heterocycles. The number of nitroso groups, excluding NO2 is 1. The smallest absolute Gasteiger partial charge is 0.138 e. The summed E-state index contributed by atoms with van der Waals surface area (Å²) in [6, 6.07) is 5.13. The summed E-state index contributed by atoms with van der Waals surface area (Å²) in [6.07, 6.45) is 1.09. The number of aryl methyl sites for hydroxylation is 1. The SMILES string of the molecule is Cc1cc(Cl)cc(OCC(CN2CCC(CN)C2)N=O)c1. The highest BCUT2D eigenvalue weighted by Crippen LogP contribution is 2.21. The molecule has 0 saturated carbocycles. The third-order valence-corrected chi connectivity index (χ3v) is 4.00. The first-order chi connectivity index (χ1) is 10.1. The van der Waals surface area contributed by atoms with Crippen LogP contribution in [0.3, 0.4) is 0 Å². The minimum absolute atomic E-state index is 0.271. The fourth-order valence-corrected chi connectivity index (χ4v) is 2.94. The van der Waals surface area contributed by atoms with Crippen LogP contribution in [0.5, 0.6) is 5.75 Å². The van der Waals surface area contributed by atoms with E-state index in [2.05, 4.69) is 10.1 Å². The quantitative estimate of drug-likeness (QED) is 0.785. The van der Waals surface area contributed by atoms with Crippen LogP contribution in [0.15, 0.2) is 23.4 Å². The number of likely N-dealkylation sites (tertiary alicyclic amines) is 1. The molecular formula is C15H22ClN3O2. The minimum atomic E-state index is -0.374. The Kier molecular flexibility index (Phi) is 5.96. The van der Waals surface area contributed by atoms with E-state index in [0.717, 1.165) is 25.1 Å². The van der Waals surface area contributed by atoms with Gasteiger partial charge in [0.05, 0.1) is 0 Å². The number of ether oxygens (including phenoxy) is 1. The molecule has 0 amide bonds. The van der Waals surface area contributed by atoms with Crippen molar-refractivity contribution in [2.75, 3.05) is 32.8 Å². The molecule has 1 aliphatic heterocycles. The Morgan fingerprint density at radius 3 is 2.95 bits per heavy atom. The van der Waals surface area contributed by atoms with E-state index in [4.69, 9.17) is 22.1 Å². The van der Waals surface area contributed by atoms with E-state index in [1.54, 1.807) is 6.07 Å². The lowest BCUT2D eigenvalue weighted by Gasteiger charge is -2.19. The van der Waals surface area contributed by atoms with Crippen LogP contribution < -0.4 is 10.5 Å². The molecule has 0 aromatic heterocycles. The molecule has 2 atom stereocenters. The largest absolute Gasteiger partial charge is 0.491 e. The molecule has 5 nitrogen and oxygen atoms in total. The van der Waals surface area contributed by atoms with E-state index >= 15 is 0 Å². The summed E-state index contributed by atoms with van der Waals surface area (Å²) in [6.45, 7) is 5.47. The Balaban J connectivity index is 1.83. The van der Waals surface area contributed by atoms with E-state index in [1.165, 1.54) is 0 Å². The van der Waals surface area contributed by atoms with Crippen molar-refractivity contribution in [3.8, 4) is 5.75 Å². The van der Waals surface area contributed by atoms with Gasteiger partial charge in [-0.15, -0.1) is 0 Å². The maximum Gasteiger partial charge on any atom is 0.138 e. The zero-order valence-corrected chi connectivity index (χ0v) is 13.1. The predicted molar refractivity (Wildman–Crippen MR) is 84.9 cm³/mol. The van der Waals surface area contributed by atoms with E-state index in [1.807, 2.05) is 19.1 Å². The van der Waals surface area contributed by atoms with Gasteiger partial charge < -0.3 is 15.4 Å². The highest BCUT2D eigenvalue weighted by molar-refractivity contribution is 6.30. The van der Waals surface area contributed by atoms with E-state index in [9.17, 15) is 4.91 Å². The van der Waals surface area contributed by atoms with Crippen LogP contribution in [0, 0.1) is 17.7 Å². The Morgan fingerprint density at radius 2 is 2.33 bits per heavy atom. The first-order valence-corrected chi connectivity index (χ1v) is 7.63. The molecule has 2 rings (SSSR count). The van der Waals surface area contributed by atoms with Gasteiger partial charge in [0.2, 0.25) is 0 Å². The van der Waals surface area contributed by atoms with Gasteiger partial charge in [0.25, 0.3) is 0 Å². The fraction of sp³-hybridized carbons (Fsp3) is 0.600.